The Kier molecular flexibility index (Phi) is 5.32. The minimum absolute atomic E-state index is 0.0220. The monoisotopic (exact) mass is 172 g/mol. The van der Waals surface area contributed by atoms with Crippen molar-refractivity contribution in [3.63, 3.8) is 0 Å². The summed E-state index contributed by atoms with van der Waals surface area (Å²) in [5.41, 5.74) is 2.05. The first-order chi connectivity index (χ1) is 5.77. The van der Waals surface area contributed by atoms with Crippen molar-refractivity contribution in [2.45, 2.75) is 27.0 Å². The van der Waals surface area contributed by atoms with Gasteiger partial charge in [0.2, 0.25) is 0 Å². The van der Waals surface area contributed by atoms with Crippen LogP contribution in [0.25, 0.3) is 0 Å². The van der Waals surface area contributed by atoms with Crippen molar-refractivity contribution >= 4 is 0 Å². The van der Waals surface area contributed by atoms with Gasteiger partial charge in [-0.1, -0.05) is 6.92 Å². The van der Waals surface area contributed by atoms with Crippen LogP contribution >= 0.6 is 0 Å². The summed E-state index contributed by atoms with van der Waals surface area (Å²) in [6.45, 7) is 3.96. The molecule has 0 atom stereocenters. The van der Waals surface area contributed by atoms with Crippen LogP contribution in [-0.2, 0) is 13.2 Å². The van der Waals surface area contributed by atoms with Gasteiger partial charge in [-0.2, -0.15) is 5.10 Å². The zero-order valence-corrected chi connectivity index (χ0v) is 7.78. The van der Waals surface area contributed by atoms with Crippen LogP contribution in [0.5, 0.6) is 0 Å². The Balaban J connectivity index is 0.000000561. The van der Waals surface area contributed by atoms with Crippen LogP contribution < -0.4 is 0 Å². The second-order valence-corrected chi connectivity index (χ2v) is 2.27. The van der Waals surface area contributed by atoms with Crippen LogP contribution in [0, 0.1) is 6.92 Å². The molecule has 1 heterocycles. The van der Waals surface area contributed by atoms with E-state index in [4.69, 9.17) is 10.2 Å². The Morgan fingerprint density at radius 3 is 2.33 bits per heavy atom. The third-order valence-corrected chi connectivity index (χ3v) is 1.53. The number of aliphatic hydroxyl groups is 2. The Bertz CT molecular complexity index is 221. The fraction of sp³-hybridized carbons (Fsp3) is 0.625. The van der Waals surface area contributed by atoms with E-state index in [0.717, 1.165) is 24.9 Å². The van der Waals surface area contributed by atoms with Gasteiger partial charge in [-0.15, -0.1) is 0 Å². The topological polar surface area (TPSA) is 58.3 Å². The molecule has 0 aromatic carbocycles. The summed E-state index contributed by atoms with van der Waals surface area (Å²) in [6.07, 6.45) is 0.924. The molecule has 0 unspecified atom stereocenters. The van der Waals surface area contributed by atoms with Gasteiger partial charge >= 0.3 is 0 Å². The molecule has 1 aromatic heterocycles. The minimum atomic E-state index is -0.0220. The summed E-state index contributed by atoms with van der Waals surface area (Å²) >= 11 is 0. The molecule has 1 aromatic rings. The van der Waals surface area contributed by atoms with Crippen LogP contribution in [-0.4, -0.2) is 27.1 Å². The molecule has 0 aliphatic rings. The van der Waals surface area contributed by atoms with Crippen molar-refractivity contribution in [1.29, 1.82) is 0 Å². The quantitative estimate of drug-likeness (QED) is 0.675. The molecular weight excluding hydrogens is 156 g/mol. The number of aryl methyl sites for hydroxylation is 2. The second kappa shape index (κ2) is 5.74. The zero-order chi connectivity index (χ0) is 9.56. The number of hydrogen-bond acceptors (Lipinski definition) is 3. The molecule has 4 nitrogen and oxygen atoms in total. The predicted octanol–water partition coefficient (Wildman–Crippen LogP) is 0.312. The summed E-state index contributed by atoms with van der Waals surface area (Å²) < 4.78 is 1.58. The van der Waals surface area contributed by atoms with Gasteiger partial charge in [0, 0.05) is 12.8 Å². The number of aromatic nitrogens is 2. The van der Waals surface area contributed by atoms with Crippen LogP contribution in [0.3, 0.4) is 0 Å². The number of nitrogens with zero attached hydrogens (tertiary/aromatic N) is 2. The molecule has 0 saturated carbocycles. The summed E-state index contributed by atoms with van der Waals surface area (Å²) in [7, 11) is 1.00. The number of aliphatic hydroxyl groups excluding tert-OH is 2. The van der Waals surface area contributed by atoms with Gasteiger partial charge in [-0.05, 0) is 19.4 Å². The Morgan fingerprint density at radius 2 is 2.08 bits per heavy atom. The highest BCUT2D eigenvalue weighted by atomic mass is 16.3. The molecule has 0 saturated heterocycles. The lowest BCUT2D eigenvalue weighted by molar-refractivity contribution is 0.192. The largest absolute Gasteiger partial charge is 0.400 e. The zero-order valence-electron chi connectivity index (χ0n) is 7.78. The third kappa shape index (κ3) is 2.64. The second-order valence-electron chi connectivity index (χ2n) is 2.27. The first-order valence-corrected chi connectivity index (χ1v) is 3.86. The molecule has 0 bridgehead atoms. The normalized spacial score (nSPS) is 9.08. The lowest BCUT2D eigenvalue weighted by Gasteiger charge is -1.94. The van der Waals surface area contributed by atoms with Crippen LogP contribution in [0.1, 0.15) is 18.3 Å². The van der Waals surface area contributed by atoms with Crippen molar-refractivity contribution in [2.24, 2.45) is 0 Å². The summed E-state index contributed by atoms with van der Waals surface area (Å²) in [6, 6.07) is 1.98. The van der Waals surface area contributed by atoms with Gasteiger partial charge in [0.05, 0.1) is 5.69 Å². The van der Waals surface area contributed by atoms with Crippen LogP contribution in [0.2, 0.25) is 0 Å². The van der Waals surface area contributed by atoms with Crippen molar-refractivity contribution in [1.82, 2.24) is 9.78 Å². The summed E-state index contributed by atoms with van der Waals surface area (Å²) in [5.74, 6) is 0. The molecule has 12 heavy (non-hydrogen) atoms. The SMILES string of the molecule is CCc1cc(C)n(CO)n1.CO. The lowest BCUT2D eigenvalue weighted by Crippen LogP contribution is -2.00. The molecule has 4 heteroatoms. The number of rotatable bonds is 2. The molecule has 2 N–H and O–H groups in total. The van der Waals surface area contributed by atoms with Gasteiger partial charge in [0.25, 0.3) is 0 Å². The number of hydrogen-bond donors (Lipinski definition) is 2. The molecule has 0 aliphatic carbocycles. The molecule has 1 rings (SSSR count). The van der Waals surface area contributed by atoms with E-state index in [9.17, 15) is 0 Å². The van der Waals surface area contributed by atoms with Crippen molar-refractivity contribution in [3.05, 3.63) is 17.5 Å². The Hall–Kier alpha value is -0.870. The smallest absolute Gasteiger partial charge is 0.136 e. The maximum atomic E-state index is 8.73. The first kappa shape index (κ1) is 11.1. The van der Waals surface area contributed by atoms with Gasteiger partial charge in [0.1, 0.15) is 6.73 Å². The van der Waals surface area contributed by atoms with E-state index in [0.29, 0.717) is 0 Å². The van der Waals surface area contributed by atoms with E-state index >= 15 is 0 Å². The standard InChI is InChI=1S/C7H12N2O.CH4O/c1-3-7-4-6(2)9(5-10)8-7;1-2/h4,10H,3,5H2,1-2H3;2H,1H3. The highest BCUT2D eigenvalue weighted by molar-refractivity contribution is 5.07. The predicted molar refractivity (Wildman–Crippen MR) is 46.7 cm³/mol. The molecule has 0 aliphatic heterocycles. The van der Waals surface area contributed by atoms with E-state index in [1.54, 1.807) is 4.68 Å². The molecule has 0 radical (unpaired) electrons. The molecule has 70 valence electrons. The summed E-state index contributed by atoms with van der Waals surface area (Å²) in [4.78, 5) is 0. The van der Waals surface area contributed by atoms with E-state index in [1.165, 1.54) is 0 Å². The molecule has 0 amide bonds. The summed E-state index contributed by atoms with van der Waals surface area (Å²) in [5, 5.41) is 19.8. The van der Waals surface area contributed by atoms with E-state index in [1.807, 2.05) is 19.9 Å². The third-order valence-electron chi connectivity index (χ3n) is 1.53. The lowest BCUT2D eigenvalue weighted by atomic mass is 10.3. The molecular formula is C8H16N2O2. The average Bonchev–Trinajstić information content (AvgIpc) is 2.49. The molecule has 0 fully saturated rings. The van der Waals surface area contributed by atoms with Gasteiger partial charge in [-0.25, -0.2) is 4.68 Å². The highest BCUT2D eigenvalue weighted by Gasteiger charge is 1.99. The van der Waals surface area contributed by atoms with E-state index in [-0.39, 0.29) is 6.73 Å². The fourth-order valence-electron chi connectivity index (χ4n) is 0.894. The van der Waals surface area contributed by atoms with E-state index in [2.05, 4.69) is 5.10 Å². The van der Waals surface area contributed by atoms with Crippen LogP contribution in [0.4, 0.5) is 0 Å². The van der Waals surface area contributed by atoms with E-state index < -0.39 is 0 Å². The Labute approximate surface area is 72.5 Å². The minimum Gasteiger partial charge on any atom is -0.400 e. The van der Waals surface area contributed by atoms with Crippen LogP contribution in [0.15, 0.2) is 6.07 Å². The molecule has 0 spiro atoms. The highest BCUT2D eigenvalue weighted by Crippen LogP contribution is 2.02. The van der Waals surface area contributed by atoms with Gasteiger partial charge < -0.3 is 10.2 Å². The average molecular weight is 172 g/mol. The fourth-order valence-corrected chi connectivity index (χ4v) is 0.894. The maximum Gasteiger partial charge on any atom is 0.136 e. The Morgan fingerprint density at radius 1 is 1.50 bits per heavy atom. The maximum absolute atomic E-state index is 8.73. The first-order valence-electron chi connectivity index (χ1n) is 3.86. The van der Waals surface area contributed by atoms with Gasteiger partial charge in [0.15, 0.2) is 0 Å². The van der Waals surface area contributed by atoms with Crippen molar-refractivity contribution in [2.75, 3.05) is 7.11 Å². The van der Waals surface area contributed by atoms with Gasteiger partial charge in [-0.3, -0.25) is 0 Å². The van der Waals surface area contributed by atoms with Crippen molar-refractivity contribution < 1.29 is 10.2 Å². The van der Waals surface area contributed by atoms with Crippen molar-refractivity contribution in [3.8, 4) is 0 Å².